The Morgan fingerprint density at radius 3 is 2.26 bits per heavy atom. The van der Waals surface area contributed by atoms with Crippen molar-refractivity contribution in [2.24, 2.45) is 17.3 Å². The largest absolute Gasteiger partial charge is 0.508 e. The topological polar surface area (TPSA) is 57.5 Å². The number of rotatable bonds is 7. The van der Waals surface area contributed by atoms with Crippen LogP contribution in [0.15, 0.2) is 12.1 Å². The van der Waals surface area contributed by atoms with E-state index in [1.807, 2.05) is 12.1 Å². The Kier molecular flexibility index (Phi) is 5.35. The molecule has 3 nitrogen and oxygen atoms in total. The summed E-state index contributed by atoms with van der Waals surface area (Å²) in [6.45, 7) is 10.9. The van der Waals surface area contributed by atoms with Crippen LogP contribution in [0.25, 0.3) is 0 Å². The number of carbonyl (C=O) groups excluding carboxylic acids is 1. The molecule has 2 bridgehead atoms. The van der Waals surface area contributed by atoms with E-state index in [0.29, 0.717) is 17.9 Å². The number of hydrogen-bond acceptors (Lipinski definition) is 3. The van der Waals surface area contributed by atoms with E-state index < -0.39 is 0 Å². The maximum atomic E-state index is 12.5. The van der Waals surface area contributed by atoms with Gasteiger partial charge >= 0.3 is 0 Å². The van der Waals surface area contributed by atoms with Crippen molar-refractivity contribution in [1.29, 1.82) is 0 Å². The zero-order valence-electron chi connectivity index (χ0n) is 17.6. The minimum Gasteiger partial charge on any atom is -0.508 e. The molecule has 27 heavy (non-hydrogen) atoms. The normalized spacial score (nSPS) is 26.7. The van der Waals surface area contributed by atoms with Gasteiger partial charge in [-0.25, -0.2) is 0 Å². The molecule has 3 atom stereocenters. The summed E-state index contributed by atoms with van der Waals surface area (Å²) in [6, 6.07) is 3.66. The third-order valence-corrected chi connectivity index (χ3v) is 7.58. The van der Waals surface area contributed by atoms with Gasteiger partial charge < -0.3 is 10.2 Å². The zero-order valence-corrected chi connectivity index (χ0v) is 17.6. The summed E-state index contributed by atoms with van der Waals surface area (Å²) >= 11 is 0. The summed E-state index contributed by atoms with van der Waals surface area (Å²) < 4.78 is 0. The van der Waals surface area contributed by atoms with Crippen LogP contribution in [0, 0.1) is 17.3 Å². The lowest BCUT2D eigenvalue weighted by atomic mass is 9.44. The highest BCUT2D eigenvalue weighted by Crippen LogP contribution is 2.64. The third-order valence-electron chi connectivity index (χ3n) is 7.58. The van der Waals surface area contributed by atoms with Crippen LogP contribution in [0.4, 0.5) is 0 Å². The molecule has 1 aromatic rings. The van der Waals surface area contributed by atoms with Crippen LogP contribution in [0.5, 0.6) is 11.5 Å². The fourth-order valence-electron chi connectivity index (χ4n) is 5.52. The van der Waals surface area contributed by atoms with Gasteiger partial charge in [0.25, 0.3) is 0 Å². The van der Waals surface area contributed by atoms with Crippen molar-refractivity contribution in [2.75, 3.05) is 0 Å². The van der Waals surface area contributed by atoms with Gasteiger partial charge in [-0.2, -0.15) is 0 Å². The number of unbranched alkanes of at least 4 members (excludes halogenated alkanes) is 3. The molecule has 150 valence electrons. The predicted octanol–water partition coefficient (Wildman–Crippen LogP) is 6.06. The Balaban J connectivity index is 1.84. The quantitative estimate of drug-likeness (QED) is 0.572. The van der Waals surface area contributed by atoms with Crippen molar-refractivity contribution in [1.82, 2.24) is 0 Å². The highest BCUT2D eigenvalue weighted by molar-refractivity contribution is 5.86. The number of Topliss-reactive ketones (excluding diaryl/α,β-unsaturated/α-hetero) is 1. The van der Waals surface area contributed by atoms with E-state index in [1.165, 1.54) is 19.3 Å². The minimum atomic E-state index is -0.0928. The average molecular weight is 373 g/mol. The molecule has 0 aromatic heterocycles. The van der Waals surface area contributed by atoms with Crippen molar-refractivity contribution in [2.45, 2.75) is 90.9 Å². The Labute approximate surface area is 164 Å². The lowest BCUT2D eigenvalue weighted by Crippen LogP contribution is -2.56. The predicted molar refractivity (Wildman–Crippen MR) is 109 cm³/mol. The number of fused-ring (bicyclic) bond motifs is 2. The van der Waals surface area contributed by atoms with E-state index in [9.17, 15) is 15.0 Å². The molecule has 0 spiro atoms. The highest BCUT2D eigenvalue weighted by Gasteiger charge is 2.59. The van der Waals surface area contributed by atoms with E-state index in [1.54, 1.807) is 0 Å². The summed E-state index contributed by atoms with van der Waals surface area (Å²) in [4.78, 5) is 12.5. The number of ketones is 1. The van der Waals surface area contributed by atoms with Crippen LogP contribution in [-0.2, 0) is 10.2 Å². The Bertz CT molecular complexity index is 693. The van der Waals surface area contributed by atoms with Crippen LogP contribution in [0.2, 0.25) is 0 Å². The van der Waals surface area contributed by atoms with Crippen molar-refractivity contribution < 1.29 is 15.0 Å². The Morgan fingerprint density at radius 2 is 1.74 bits per heavy atom. The second kappa shape index (κ2) is 7.14. The van der Waals surface area contributed by atoms with Gasteiger partial charge in [-0.3, -0.25) is 4.79 Å². The van der Waals surface area contributed by atoms with Crippen molar-refractivity contribution in [3.63, 3.8) is 0 Å². The van der Waals surface area contributed by atoms with Gasteiger partial charge in [-0.15, -0.1) is 0 Å². The zero-order chi connectivity index (χ0) is 20.0. The van der Waals surface area contributed by atoms with Crippen LogP contribution >= 0.6 is 0 Å². The van der Waals surface area contributed by atoms with E-state index in [2.05, 4.69) is 34.6 Å². The summed E-state index contributed by atoms with van der Waals surface area (Å²) in [7, 11) is 0. The molecule has 0 heterocycles. The van der Waals surface area contributed by atoms with Crippen molar-refractivity contribution >= 4 is 5.78 Å². The lowest BCUT2D eigenvalue weighted by Gasteiger charge is -2.59. The Morgan fingerprint density at radius 1 is 1.11 bits per heavy atom. The molecular formula is C24H36O3. The fraction of sp³-hybridized carbons (Fsp3) is 0.708. The van der Waals surface area contributed by atoms with Crippen molar-refractivity contribution in [3.8, 4) is 11.5 Å². The summed E-state index contributed by atoms with van der Waals surface area (Å²) in [5.74, 6) is 1.04. The molecule has 2 N–H and O–H groups in total. The van der Waals surface area contributed by atoms with E-state index >= 15 is 0 Å². The first-order valence-electron chi connectivity index (χ1n) is 10.7. The molecule has 3 aliphatic rings. The SMILES string of the molecule is CCCCCCC(C)(C)c1cc(O)c(C2CC(=O)[C@H]3C[C@@H]2C3(C)C)c(O)c1. The summed E-state index contributed by atoms with van der Waals surface area (Å²) in [5, 5.41) is 21.6. The molecule has 4 rings (SSSR count). The van der Waals surface area contributed by atoms with E-state index in [0.717, 1.165) is 24.8 Å². The van der Waals surface area contributed by atoms with Crippen molar-refractivity contribution in [3.05, 3.63) is 23.3 Å². The molecule has 0 amide bonds. The first-order chi connectivity index (χ1) is 12.6. The average Bonchev–Trinajstić information content (AvgIpc) is 2.57. The van der Waals surface area contributed by atoms with Crippen LogP contribution < -0.4 is 0 Å². The molecule has 0 aliphatic heterocycles. The number of phenolic OH excluding ortho intramolecular Hbond substituents is 2. The van der Waals surface area contributed by atoms with Gasteiger partial charge in [0.15, 0.2) is 0 Å². The smallest absolute Gasteiger partial charge is 0.137 e. The third kappa shape index (κ3) is 3.50. The molecular weight excluding hydrogens is 336 g/mol. The first kappa shape index (κ1) is 20.2. The number of carbonyl (C=O) groups is 1. The molecule has 1 unspecified atom stereocenters. The first-order valence-corrected chi connectivity index (χ1v) is 10.7. The van der Waals surface area contributed by atoms with Gasteiger partial charge in [0, 0.05) is 23.8 Å². The standard InChI is InChI=1S/C24H36O3/c1-6-7-8-9-10-23(2,3)15-11-20(26)22(21(27)12-15)16-13-19(25)18-14-17(16)24(18,4)5/h11-12,16-18,26-27H,6-10,13-14H2,1-5H3/t16?,17-,18+/m0/s1. The van der Waals surface area contributed by atoms with Gasteiger partial charge in [-0.1, -0.05) is 60.3 Å². The molecule has 3 fully saturated rings. The molecule has 3 aliphatic carbocycles. The maximum Gasteiger partial charge on any atom is 0.137 e. The number of phenols is 2. The number of aromatic hydroxyl groups is 2. The second-order valence-electron chi connectivity index (χ2n) is 10.1. The van der Waals surface area contributed by atoms with Crippen LogP contribution in [0.1, 0.15) is 96.6 Å². The second-order valence-corrected chi connectivity index (χ2v) is 10.1. The number of benzene rings is 1. The van der Waals surface area contributed by atoms with E-state index in [4.69, 9.17) is 0 Å². The lowest BCUT2D eigenvalue weighted by molar-refractivity contribution is -0.151. The molecule has 3 saturated carbocycles. The minimum absolute atomic E-state index is 0.0316. The maximum absolute atomic E-state index is 12.5. The van der Waals surface area contributed by atoms with Gasteiger partial charge in [0.2, 0.25) is 0 Å². The summed E-state index contributed by atoms with van der Waals surface area (Å²) in [6.07, 6.45) is 7.20. The molecule has 0 radical (unpaired) electrons. The van der Waals surface area contributed by atoms with E-state index in [-0.39, 0.29) is 39.9 Å². The van der Waals surface area contributed by atoms with Gasteiger partial charge in [0.1, 0.15) is 17.3 Å². The van der Waals surface area contributed by atoms with Crippen LogP contribution in [0.3, 0.4) is 0 Å². The summed E-state index contributed by atoms with van der Waals surface area (Å²) in [5.41, 5.74) is 1.44. The Hall–Kier alpha value is -1.51. The molecule has 1 aromatic carbocycles. The molecule has 3 heteroatoms. The monoisotopic (exact) mass is 372 g/mol. The fourth-order valence-corrected chi connectivity index (χ4v) is 5.52. The highest BCUT2D eigenvalue weighted by atomic mass is 16.3. The molecule has 0 saturated heterocycles. The van der Waals surface area contributed by atoms with Gasteiger partial charge in [0.05, 0.1) is 0 Å². The number of hydrogen-bond donors (Lipinski definition) is 2. The van der Waals surface area contributed by atoms with Gasteiger partial charge in [-0.05, 0) is 47.3 Å². The van der Waals surface area contributed by atoms with Crippen LogP contribution in [-0.4, -0.2) is 16.0 Å².